The van der Waals surface area contributed by atoms with Crippen LogP contribution >= 0.6 is 0 Å². The van der Waals surface area contributed by atoms with Gasteiger partial charge in [-0.25, -0.2) is 5.43 Å². The number of ether oxygens (including phenoxy) is 1. The summed E-state index contributed by atoms with van der Waals surface area (Å²) in [7, 11) is 0. The van der Waals surface area contributed by atoms with Gasteiger partial charge in [0.15, 0.2) is 12.4 Å². The molecule has 1 amide bonds. The molecule has 0 unspecified atom stereocenters. The first-order valence-electron chi connectivity index (χ1n) is 7.38. The maximum Gasteiger partial charge on any atom is 0.311 e. The molecule has 0 radical (unpaired) electrons. The molecule has 2 aromatic carbocycles. The van der Waals surface area contributed by atoms with Crippen LogP contribution < -0.4 is 10.2 Å². The Bertz CT molecular complexity index is 833. The number of hydrogen-bond donors (Lipinski definition) is 2. The fraction of sp³-hybridized carbons (Fsp3) is 0.176. The van der Waals surface area contributed by atoms with E-state index in [0.717, 1.165) is 0 Å². The van der Waals surface area contributed by atoms with Crippen molar-refractivity contribution in [3.63, 3.8) is 0 Å². The normalized spacial score (nSPS) is 11.0. The number of hydrazone groups is 1. The molecule has 0 spiro atoms. The molecule has 0 aromatic heterocycles. The number of aromatic hydroxyl groups is 1. The number of rotatable bonds is 6. The van der Waals surface area contributed by atoms with E-state index in [1.165, 1.54) is 18.2 Å². The van der Waals surface area contributed by atoms with Gasteiger partial charge >= 0.3 is 5.69 Å². The molecule has 2 aromatic rings. The van der Waals surface area contributed by atoms with Gasteiger partial charge in [0.1, 0.15) is 5.75 Å². The third kappa shape index (κ3) is 4.77. The molecule has 2 N–H and O–H groups in total. The van der Waals surface area contributed by atoms with E-state index < -0.39 is 17.4 Å². The predicted octanol–water partition coefficient (Wildman–Crippen LogP) is 2.53. The smallest absolute Gasteiger partial charge is 0.311 e. The van der Waals surface area contributed by atoms with Gasteiger partial charge in [0, 0.05) is 11.6 Å². The van der Waals surface area contributed by atoms with Crippen LogP contribution in [-0.4, -0.2) is 28.3 Å². The van der Waals surface area contributed by atoms with Crippen molar-refractivity contribution in [2.24, 2.45) is 5.10 Å². The molecule has 0 aliphatic carbocycles. The largest absolute Gasteiger partial charge is 0.507 e. The standard InChI is InChI=1S/C17H17N3O5/c1-11-7-8-16(14(9-11)20(23)24)25-10-17(22)19-18-12(2)13-5-3-4-6-15(13)21/h3-9,21H,10H2,1-2H3,(H,19,22)/b18-12+. The molecule has 0 heterocycles. The van der Waals surface area contributed by atoms with E-state index in [-0.39, 0.29) is 17.2 Å². The molecule has 2 rings (SSSR count). The first-order chi connectivity index (χ1) is 11.9. The molecule has 0 saturated heterocycles. The number of benzene rings is 2. The van der Waals surface area contributed by atoms with Gasteiger partial charge in [0.05, 0.1) is 10.6 Å². The Morgan fingerprint density at radius 1 is 1.32 bits per heavy atom. The summed E-state index contributed by atoms with van der Waals surface area (Å²) in [5, 5.41) is 24.6. The van der Waals surface area contributed by atoms with Gasteiger partial charge < -0.3 is 9.84 Å². The van der Waals surface area contributed by atoms with Crippen molar-refractivity contribution >= 4 is 17.3 Å². The number of nitro benzene ring substituents is 1. The fourth-order valence-corrected chi connectivity index (χ4v) is 2.05. The van der Waals surface area contributed by atoms with Gasteiger partial charge in [-0.05, 0) is 37.6 Å². The Hall–Kier alpha value is -3.42. The van der Waals surface area contributed by atoms with Crippen molar-refractivity contribution in [2.75, 3.05) is 6.61 Å². The summed E-state index contributed by atoms with van der Waals surface area (Å²) >= 11 is 0. The van der Waals surface area contributed by atoms with Gasteiger partial charge in [-0.15, -0.1) is 0 Å². The number of carbonyl (C=O) groups excluding carboxylic acids is 1. The minimum Gasteiger partial charge on any atom is -0.507 e. The first-order valence-corrected chi connectivity index (χ1v) is 7.38. The SMILES string of the molecule is C/C(=N\NC(=O)COc1ccc(C)cc1[N+](=O)[O-])c1ccccc1O. The van der Waals surface area contributed by atoms with Crippen molar-refractivity contribution in [1.29, 1.82) is 0 Å². The number of nitro groups is 1. The second kappa shape index (κ2) is 7.91. The molecule has 8 heteroatoms. The van der Waals surface area contributed by atoms with Gasteiger partial charge in [0.2, 0.25) is 0 Å². The van der Waals surface area contributed by atoms with Crippen LogP contribution in [0.2, 0.25) is 0 Å². The highest BCUT2D eigenvalue weighted by atomic mass is 16.6. The highest BCUT2D eigenvalue weighted by molar-refractivity contribution is 6.01. The number of aryl methyl sites for hydroxylation is 1. The summed E-state index contributed by atoms with van der Waals surface area (Å²) in [6.07, 6.45) is 0. The maximum atomic E-state index is 11.8. The summed E-state index contributed by atoms with van der Waals surface area (Å²) in [6.45, 7) is 2.92. The van der Waals surface area contributed by atoms with E-state index in [4.69, 9.17) is 4.74 Å². The quantitative estimate of drug-likeness (QED) is 0.475. The molecule has 130 valence electrons. The molecule has 8 nitrogen and oxygen atoms in total. The van der Waals surface area contributed by atoms with E-state index in [2.05, 4.69) is 10.5 Å². The molecular weight excluding hydrogens is 326 g/mol. The third-order valence-electron chi connectivity index (χ3n) is 3.31. The lowest BCUT2D eigenvalue weighted by Crippen LogP contribution is -2.25. The summed E-state index contributed by atoms with van der Waals surface area (Å²) in [4.78, 5) is 22.2. The minimum atomic E-state index is -0.579. The van der Waals surface area contributed by atoms with Crippen LogP contribution in [0.5, 0.6) is 11.5 Å². The van der Waals surface area contributed by atoms with Gasteiger partial charge in [-0.1, -0.05) is 18.2 Å². The summed E-state index contributed by atoms with van der Waals surface area (Å²) < 4.78 is 5.20. The van der Waals surface area contributed by atoms with Crippen LogP contribution in [0.3, 0.4) is 0 Å². The number of nitrogens with one attached hydrogen (secondary N) is 1. The molecule has 0 aliphatic rings. The van der Waals surface area contributed by atoms with Gasteiger partial charge in [-0.2, -0.15) is 5.10 Å². The highest BCUT2D eigenvalue weighted by Crippen LogP contribution is 2.27. The Labute approximate surface area is 143 Å². The molecule has 0 aliphatic heterocycles. The van der Waals surface area contributed by atoms with Crippen molar-refractivity contribution in [3.8, 4) is 11.5 Å². The highest BCUT2D eigenvalue weighted by Gasteiger charge is 2.16. The van der Waals surface area contributed by atoms with E-state index in [1.807, 2.05) is 0 Å². The van der Waals surface area contributed by atoms with Gasteiger partial charge in [-0.3, -0.25) is 14.9 Å². The van der Waals surface area contributed by atoms with Crippen LogP contribution in [0, 0.1) is 17.0 Å². The lowest BCUT2D eigenvalue weighted by Gasteiger charge is -2.07. The Morgan fingerprint density at radius 2 is 2.04 bits per heavy atom. The fourth-order valence-electron chi connectivity index (χ4n) is 2.05. The van der Waals surface area contributed by atoms with E-state index in [1.54, 1.807) is 38.1 Å². The number of amides is 1. The Morgan fingerprint density at radius 3 is 2.72 bits per heavy atom. The number of para-hydroxylation sites is 1. The summed E-state index contributed by atoms with van der Waals surface area (Å²) in [5.74, 6) is -0.527. The number of phenolic OH excluding ortho intramolecular Hbond substituents is 1. The topological polar surface area (TPSA) is 114 Å². The van der Waals surface area contributed by atoms with Crippen molar-refractivity contribution in [2.45, 2.75) is 13.8 Å². The second-order valence-corrected chi connectivity index (χ2v) is 5.27. The average molecular weight is 343 g/mol. The van der Waals surface area contributed by atoms with Crippen molar-refractivity contribution in [1.82, 2.24) is 5.43 Å². The zero-order chi connectivity index (χ0) is 18.4. The van der Waals surface area contributed by atoms with E-state index >= 15 is 0 Å². The number of phenols is 1. The number of nitrogens with zero attached hydrogens (tertiary/aromatic N) is 2. The molecule has 25 heavy (non-hydrogen) atoms. The lowest BCUT2D eigenvalue weighted by molar-refractivity contribution is -0.385. The molecule has 0 atom stereocenters. The first kappa shape index (κ1) is 17.9. The average Bonchev–Trinajstić information content (AvgIpc) is 2.58. The molecule has 0 bridgehead atoms. The van der Waals surface area contributed by atoms with Crippen molar-refractivity contribution < 1.29 is 19.6 Å². The van der Waals surface area contributed by atoms with Crippen molar-refractivity contribution in [3.05, 3.63) is 63.7 Å². The molecule has 0 saturated carbocycles. The minimum absolute atomic E-state index is 0.00663. The zero-order valence-electron chi connectivity index (χ0n) is 13.7. The summed E-state index contributed by atoms with van der Waals surface area (Å²) in [5.41, 5.74) is 3.68. The summed E-state index contributed by atoms with van der Waals surface area (Å²) in [6, 6.07) is 11.0. The Kier molecular flexibility index (Phi) is 5.67. The van der Waals surface area contributed by atoms with Gasteiger partial charge in [0.25, 0.3) is 5.91 Å². The van der Waals surface area contributed by atoms with Crippen LogP contribution in [0.15, 0.2) is 47.6 Å². The Balaban J connectivity index is 1.99. The zero-order valence-corrected chi connectivity index (χ0v) is 13.7. The van der Waals surface area contributed by atoms with Crippen LogP contribution in [0.4, 0.5) is 5.69 Å². The number of carbonyl (C=O) groups is 1. The lowest BCUT2D eigenvalue weighted by atomic mass is 10.1. The monoisotopic (exact) mass is 343 g/mol. The van der Waals surface area contributed by atoms with Crippen LogP contribution in [0.1, 0.15) is 18.1 Å². The van der Waals surface area contributed by atoms with Crippen LogP contribution in [0.25, 0.3) is 0 Å². The molecular formula is C17H17N3O5. The second-order valence-electron chi connectivity index (χ2n) is 5.27. The third-order valence-corrected chi connectivity index (χ3v) is 3.31. The predicted molar refractivity (Wildman–Crippen MR) is 91.8 cm³/mol. The maximum absolute atomic E-state index is 11.8. The van der Waals surface area contributed by atoms with E-state index in [0.29, 0.717) is 16.8 Å². The molecule has 0 fully saturated rings. The van der Waals surface area contributed by atoms with Crippen LogP contribution in [-0.2, 0) is 4.79 Å². The van der Waals surface area contributed by atoms with E-state index in [9.17, 15) is 20.0 Å². The number of hydrogen-bond acceptors (Lipinski definition) is 6.